The normalized spacial score (nSPS) is 12.3. The van der Waals surface area contributed by atoms with Gasteiger partial charge in [-0.2, -0.15) is 0 Å². The topological polar surface area (TPSA) is 18.5 Å². The van der Waals surface area contributed by atoms with Crippen LogP contribution in [0.1, 0.15) is 15.3 Å². The standard InChI is InChI=1S/C13H11BrCl2O2S/c1-17-10-5-7(9(16)6-11(10)18-2)12(14)13-8(15)3-4-19-13/h3-6,12H,1-2H3. The molecule has 0 saturated carbocycles. The molecule has 2 aromatic rings. The van der Waals surface area contributed by atoms with Gasteiger partial charge in [0, 0.05) is 16.0 Å². The van der Waals surface area contributed by atoms with Crippen molar-refractivity contribution in [3.8, 4) is 11.5 Å². The van der Waals surface area contributed by atoms with Crippen molar-refractivity contribution in [2.75, 3.05) is 14.2 Å². The molecule has 19 heavy (non-hydrogen) atoms. The molecular weight excluding hydrogens is 371 g/mol. The maximum atomic E-state index is 6.30. The Morgan fingerprint density at radius 2 is 1.74 bits per heavy atom. The maximum Gasteiger partial charge on any atom is 0.162 e. The number of benzene rings is 1. The Kier molecular flexibility index (Phi) is 5.01. The van der Waals surface area contributed by atoms with Crippen LogP contribution in [0.25, 0.3) is 0 Å². The summed E-state index contributed by atoms with van der Waals surface area (Å²) in [6.45, 7) is 0. The number of ether oxygens (including phenoxy) is 2. The summed E-state index contributed by atoms with van der Waals surface area (Å²) in [6.07, 6.45) is 0. The van der Waals surface area contributed by atoms with E-state index < -0.39 is 0 Å². The number of alkyl halides is 1. The van der Waals surface area contributed by atoms with Gasteiger partial charge in [-0.3, -0.25) is 0 Å². The van der Waals surface area contributed by atoms with Gasteiger partial charge in [0.05, 0.1) is 24.1 Å². The second-order valence-electron chi connectivity index (χ2n) is 3.72. The number of halogens is 3. The van der Waals surface area contributed by atoms with Crippen LogP contribution in [0.2, 0.25) is 10.0 Å². The summed E-state index contributed by atoms with van der Waals surface area (Å²) >= 11 is 17.7. The van der Waals surface area contributed by atoms with E-state index in [4.69, 9.17) is 32.7 Å². The highest BCUT2D eigenvalue weighted by Crippen LogP contribution is 2.44. The van der Waals surface area contributed by atoms with Gasteiger partial charge < -0.3 is 9.47 Å². The van der Waals surface area contributed by atoms with Crippen LogP contribution < -0.4 is 9.47 Å². The molecule has 0 fully saturated rings. The summed E-state index contributed by atoms with van der Waals surface area (Å²) in [5.41, 5.74) is 0.892. The Balaban J connectivity index is 2.48. The first kappa shape index (κ1) is 15.0. The van der Waals surface area contributed by atoms with Gasteiger partial charge in [0.25, 0.3) is 0 Å². The van der Waals surface area contributed by atoms with Crippen molar-refractivity contribution < 1.29 is 9.47 Å². The van der Waals surface area contributed by atoms with E-state index in [2.05, 4.69) is 15.9 Å². The van der Waals surface area contributed by atoms with Crippen molar-refractivity contribution in [1.82, 2.24) is 0 Å². The minimum absolute atomic E-state index is 0.0766. The van der Waals surface area contributed by atoms with E-state index >= 15 is 0 Å². The molecule has 0 amide bonds. The summed E-state index contributed by atoms with van der Waals surface area (Å²) < 4.78 is 10.5. The highest BCUT2D eigenvalue weighted by molar-refractivity contribution is 9.09. The van der Waals surface area contributed by atoms with Crippen molar-refractivity contribution in [2.45, 2.75) is 4.83 Å². The Bertz CT molecular complexity index is 586. The van der Waals surface area contributed by atoms with Gasteiger partial charge in [0.1, 0.15) is 0 Å². The second-order valence-corrected chi connectivity index (χ2v) is 6.40. The third kappa shape index (κ3) is 3.02. The molecule has 1 heterocycles. The highest BCUT2D eigenvalue weighted by Gasteiger charge is 2.20. The van der Waals surface area contributed by atoms with Crippen LogP contribution in [-0.2, 0) is 0 Å². The average molecular weight is 382 g/mol. The second kappa shape index (κ2) is 6.35. The van der Waals surface area contributed by atoms with E-state index in [0.29, 0.717) is 16.5 Å². The van der Waals surface area contributed by atoms with Gasteiger partial charge in [-0.05, 0) is 23.1 Å². The summed E-state index contributed by atoms with van der Waals surface area (Å²) in [5.74, 6) is 1.24. The number of hydrogen-bond donors (Lipinski definition) is 0. The summed E-state index contributed by atoms with van der Waals surface area (Å²) in [6, 6.07) is 5.46. The fourth-order valence-corrected chi connectivity index (χ4v) is 4.33. The van der Waals surface area contributed by atoms with E-state index in [1.54, 1.807) is 31.6 Å². The summed E-state index contributed by atoms with van der Waals surface area (Å²) in [5, 5.41) is 3.27. The minimum atomic E-state index is -0.0766. The Morgan fingerprint density at radius 1 is 1.11 bits per heavy atom. The van der Waals surface area contributed by atoms with Gasteiger partial charge in [0.2, 0.25) is 0 Å². The monoisotopic (exact) mass is 380 g/mol. The molecule has 6 heteroatoms. The fraction of sp³-hybridized carbons (Fsp3) is 0.231. The molecule has 1 atom stereocenters. The van der Waals surface area contributed by atoms with Crippen molar-refractivity contribution in [1.29, 1.82) is 0 Å². The lowest BCUT2D eigenvalue weighted by atomic mass is 10.1. The van der Waals surface area contributed by atoms with Crippen LogP contribution in [0.3, 0.4) is 0 Å². The Labute approximate surface area is 134 Å². The zero-order valence-corrected chi connectivity index (χ0v) is 14.2. The lowest BCUT2D eigenvalue weighted by molar-refractivity contribution is 0.354. The van der Waals surface area contributed by atoms with Crippen LogP contribution in [0, 0.1) is 0 Å². The molecule has 0 aliphatic rings. The predicted molar refractivity (Wildman–Crippen MR) is 84.7 cm³/mol. The highest BCUT2D eigenvalue weighted by atomic mass is 79.9. The summed E-state index contributed by atoms with van der Waals surface area (Å²) in [7, 11) is 3.17. The van der Waals surface area contributed by atoms with E-state index in [1.807, 2.05) is 17.5 Å². The third-order valence-corrected chi connectivity index (χ3v) is 5.66. The molecule has 0 radical (unpaired) electrons. The van der Waals surface area contributed by atoms with Gasteiger partial charge >= 0.3 is 0 Å². The van der Waals surface area contributed by atoms with Gasteiger partial charge in [-0.25, -0.2) is 0 Å². The average Bonchev–Trinajstić information content (AvgIpc) is 2.83. The molecule has 0 bridgehead atoms. The van der Waals surface area contributed by atoms with Crippen molar-refractivity contribution in [3.05, 3.63) is 44.1 Å². The fourth-order valence-electron chi connectivity index (χ4n) is 1.69. The molecular formula is C13H11BrCl2O2S. The van der Waals surface area contributed by atoms with Crippen molar-refractivity contribution in [3.63, 3.8) is 0 Å². The maximum absolute atomic E-state index is 6.30. The molecule has 0 aliphatic heterocycles. The first-order chi connectivity index (χ1) is 9.08. The van der Waals surface area contributed by atoms with E-state index in [0.717, 1.165) is 15.5 Å². The molecule has 1 unspecified atom stereocenters. The predicted octanol–water partition coefficient (Wildman–Crippen LogP) is 5.56. The SMILES string of the molecule is COc1cc(Cl)c(C(Br)c2sccc2Cl)cc1OC. The molecule has 0 N–H and O–H groups in total. The molecule has 0 aliphatic carbocycles. The van der Waals surface area contributed by atoms with Gasteiger partial charge in [-0.15, -0.1) is 11.3 Å². The van der Waals surface area contributed by atoms with Crippen LogP contribution in [0.15, 0.2) is 23.6 Å². The van der Waals surface area contributed by atoms with Crippen LogP contribution >= 0.6 is 50.5 Å². The van der Waals surface area contributed by atoms with Crippen LogP contribution in [0.4, 0.5) is 0 Å². The van der Waals surface area contributed by atoms with Gasteiger partial charge in [0.15, 0.2) is 11.5 Å². The summed E-state index contributed by atoms with van der Waals surface area (Å²) in [4.78, 5) is 0.933. The van der Waals surface area contributed by atoms with Crippen molar-refractivity contribution >= 4 is 50.5 Å². The lowest BCUT2D eigenvalue weighted by Gasteiger charge is -2.15. The zero-order valence-electron chi connectivity index (χ0n) is 10.2. The molecule has 1 aromatic carbocycles. The number of rotatable bonds is 4. The zero-order chi connectivity index (χ0) is 14.0. The number of methoxy groups -OCH3 is 2. The Morgan fingerprint density at radius 3 is 2.26 bits per heavy atom. The Hall–Kier alpha value is -0.420. The molecule has 2 rings (SSSR count). The molecule has 0 spiro atoms. The quantitative estimate of drug-likeness (QED) is 0.645. The van der Waals surface area contributed by atoms with Crippen LogP contribution in [0.5, 0.6) is 11.5 Å². The smallest absolute Gasteiger partial charge is 0.162 e. The van der Waals surface area contributed by atoms with E-state index in [-0.39, 0.29) is 4.83 Å². The molecule has 0 saturated heterocycles. The first-order valence-corrected chi connectivity index (χ1v) is 7.92. The molecule has 1 aromatic heterocycles. The van der Waals surface area contributed by atoms with Gasteiger partial charge in [-0.1, -0.05) is 39.1 Å². The number of hydrogen-bond acceptors (Lipinski definition) is 3. The molecule has 102 valence electrons. The third-order valence-electron chi connectivity index (χ3n) is 2.65. The number of thiophene rings is 1. The minimum Gasteiger partial charge on any atom is -0.493 e. The first-order valence-electron chi connectivity index (χ1n) is 5.36. The van der Waals surface area contributed by atoms with Crippen molar-refractivity contribution in [2.24, 2.45) is 0 Å². The lowest BCUT2D eigenvalue weighted by Crippen LogP contribution is -1.96. The molecule has 2 nitrogen and oxygen atoms in total. The van der Waals surface area contributed by atoms with E-state index in [9.17, 15) is 0 Å². The van der Waals surface area contributed by atoms with Crippen LogP contribution in [-0.4, -0.2) is 14.2 Å². The largest absolute Gasteiger partial charge is 0.493 e. The van der Waals surface area contributed by atoms with E-state index in [1.165, 1.54) is 0 Å².